The molecule has 0 amide bonds. The Morgan fingerprint density at radius 3 is 1.67 bits per heavy atom. The van der Waals surface area contributed by atoms with Crippen molar-refractivity contribution in [3.63, 3.8) is 0 Å². The second-order valence-electron chi connectivity index (χ2n) is 12.9. The van der Waals surface area contributed by atoms with Gasteiger partial charge in [0.25, 0.3) is 0 Å². The molecule has 3 nitrogen and oxygen atoms in total. The molecule has 2 heterocycles. The molecule has 0 saturated carbocycles. The Morgan fingerprint density at radius 1 is 0.392 bits per heavy atom. The lowest BCUT2D eigenvalue weighted by Crippen LogP contribution is -2.10. The summed E-state index contributed by atoms with van der Waals surface area (Å²) >= 11 is 0. The van der Waals surface area contributed by atoms with Crippen molar-refractivity contribution in [1.29, 1.82) is 0 Å². The number of nitrogens with zero attached hydrogens (tertiary/aromatic N) is 2. The Hall–Kier alpha value is -6.84. The van der Waals surface area contributed by atoms with E-state index in [4.69, 9.17) is 4.42 Å². The Bertz CT molecular complexity index is 2790. The maximum absolute atomic E-state index is 6.89. The van der Waals surface area contributed by atoms with E-state index in [0.29, 0.717) is 0 Å². The average Bonchev–Trinajstić information content (AvgIpc) is 3.76. The third kappa shape index (κ3) is 4.74. The van der Waals surface area contributed by atoms with Crippen molar-refractivity contribution in [2.24, 2.45) is 0 Å². The Kier molecular flexibility index (Phi) is 6.81. The fourth-order valence-electron chi connectivity index (χ4n) is 7.73. The number of hydrogen-bond acceptors (Lipinski definition) is 2. The van der Waals surface area contributed by atoms with Gasteiger partial charge in [0.15, 0.2) is 0 Å². The number of fused-ring (bicyclic) bond motifs is 6. The highest BCUT2D eigenvalue weighted by Crippen LogP contribution is 2.47. The Morgan fingerprint density at radius 2 is 0.941 bits per heavy atom. The van der Waals surface area contributed by atoms with Gasteiger partial charge in [0.2, 0.25) is 0 Å². The largest absolute Gasteiger partial charge is 0.455 e. The van der Waals surface area contributed by atoms with E-state index < -0.39 is 0 Å². The molecule has 10 aromatic rings. The summed E-state index contributed by atoms with van der Waals surface area (Å²) in [5, 5.41) is 4.64. The summed E-state index contributed by atoms with van der Waals surface area (Å²) in [6, 6.07) is 68.9. The van der Waals surface area contributed by atoms with Crippen molar-refractivity contribution >= 4 is 60.8 Å². The number of aromatic nitrogens is 1. The van der Waals surface area contributed by atoms with Crippen LogP contribution in [0.3, 0.4) is 0 Å². The van der Waals surface area contributed by atoms with Crippen molar-refractivity contribution in [2.75, 3.05) is 4.90 Å². The molecule has 10 rings (SSSR count). The Labute approximate surface area is 295 Å². The maximum Gasteiger partial charge on any atom is 0.145 e. The Balaban J connectivity index is 1.22. The van der Waals surface area contributed by atoms with Crippen LogP contribution < -0.4 is 4.90 Å². The van der Waals surface area contributed by atoms with Crippen molar-refractivity contribution in [3.8, 4) is 27.9 Å². The van der Waals surface area contributed by atoms with Gasteiger partial charge in [0.1, 0.15) is 11.2 Å². The van der Waals surface area contributed by atoms with Crippen LogP contribution in [-0.2, 0) is 0 Å². The van der Waals surface area contributed by atoms with Crippen molar-refractivity contribution in [1.82, 2.24) is 4.57 Å². The van der Waals surface area contributed by atoms with Gasteiger partial charge in [-0.05, 0) is 71.8 Å². The third-order valence-corrected chi connectivity index (χ3v) is 10.0. The first-order valence-corrected chi connectivity index (χ1v) is 17.4. The van der Waals surface area contributed by atoms with Gasteiger partial charge < -0.3 is 13.9 Å². The molecule has 0 aliphatic carbocycles. The summed E-state index contributed by atoms with van der Waals surface area (Å²) in [5.74, 6) is 0. The first-order valence-electron chi connectivity index (χ1n) is 17.4. The van der Waals surface area contributed by atoms with E-state index in [1.165, 1.54) is 32.9 Å². The van der Waals surface area contributed by atoms with Crippen LogP contribution in [0.5, 0.6) is 0 Å². The minimum absolute atomic E-state index is 0.864. The molecule has 0 bridgehead atoms. The lowest BCUT2D eigenvalue weighted by Gasteiger charge is -2.27. The maximum atomic E-state index is 6.89. The summed E-state index contributed by atoms with van der Waals surface area (Å²) in [7, 11) is 0. The van der Waals surface area contributed by atoms with E-state index in [9.17, 15) is 0 Å². The van der Waals surface area contributed by atoms with E-state index in [2.05, 4.69) is 198 Å². The molecule has 2 aromatic heterocycles. The van der Waals surface area contributed by atoms with Crippen molar-refractivity contribution < 1.29 is 4.42 Å². The standard InChI is InChI=1S/C48H32N2O/c1-3-15-33(16-4-1)34-27-29-36(30-28-34)49(35-17-5-2-6-18-35)45-32-31-40(48-47(45)41-22-10-14-26-46(41)51-48)39-21-9-13-25-44(39)50-42-23-11-7-19-37(42)38-20-8-12-24-43(38)50/h1-32H. The second kappa shape index (κ2) is 11.9. The zero-order valence-electron chi connectivity index (χ0n) is 27.8. The zero-order chi connectivity index (χ0) is 33.7. The van der Waals surface area contributed by atoms with Gasteiger partial charge in [-0.25, -0.2) is 0 Å². The molecule has 51 heavy (non-hydrogen) atoms. The lowest BCUT2D eigenvalue weighted by molar-refractivity contribution is 0.670. The molecule has 0 N–H and O–H groups in total. The van der Waals surface area contributed by atoms with Crippen LogP contribution >= 0.6 is 0 Å². The molecule has 240 valence electrons. The highest BCUT2D eigenvalue weighted by Gasteiger charge is 2.24. The number of hydrogen-bond donors (Lipinski definition) is 0. The number of rotatable bonds is 6. The van der Waals surface area contributed by atoms with Gasteiger partial charge in [-0.3, -0.25) is 0 Å². The molecule has 8 aromatic carbocycles. The predicted octanol–water partition coefficient (Wildman–Crippen LogP) is 13.5. The smallest absolute Gasteiger partial charge is 0.145 e. The van der Waals surface area contributed by atoms with Gasteiger partial charge in [0, 0.05) is 38.7 Å². The number of benzene rings is 8. The molecule has 0 aliphatic heterocycles. The number of anilines is 3. The molecule has 0 fully saturated rings. The highest BCUT2D eigenvalue weighted by atomic mass is 16.3. The lowest BCUT2D eigenvalue weighted by atomic mass is 9.98. The minimum Gasteiger partial charge on any atom is -0.455 e. The monoisotopic (exact) mass is 652 g/mol. The zero-order valence-corrected chi connectivity index (χ0v) is 27.8. The fraction of sp³-hybridized carbons (Fsp3) is 0. The molecule has 3 heteroatoms. The van der Waals surface area contributed by atoms with E-state index >= 15 is 0 Å². The van der Waals surface area contributed by atoms with Gasteiger partial charge in [0.05, 0.1) is 27.8 Å². The van der Waals surface area contributed by atoms with Crippen LogP contribution in [0.2, 0.25) is 0 Å². The van der Waals surface area contributed by atoms with Crippen LogP contribution in [0.25, 0.3) is 71.7 Å². The summed E-state index contributed by atoms with van der Waals surface area (Å²) in [4.78, 5) is 2.35. The minimum atomic E-state index is 0.864. The molecule has 0 atom stereocenters. The summed E-state index contributed by atoms with van der Waals surface area (Å²) in [6.07, 6.45) is 0. The van der Waals surface area contributed by atoms with Crippen LogP contribution in [0.1, 0.15) is 0 Å². The van der Waals surface area contributed by atoms with E-state index in [-0.39, 0.29) is 0 Å². The molecule has 0 spiro atoms. The highest BCUT2D eigenvalue weighted by molar-refractivity contribution is 6.18. The van der Waals surface area contributed by atoms with Gasteiger partial charge >= 0.3 is 0 Å². The van der Waals surface area contributed by atoms with Crippen LogP contribution in [0, 0.1) is 0 Å². The topological polar surface area (TPSA) is 21.3 Å². The summed E-state index contributed by atoms with van der Waals surface area (Å²) in [6.45, 7) is 0. The molecule has 0 saturated heterocycles. The average molecular weight is 653 g/mol. The van der Waals surface area contributed by atoms with Crippen molar-refractivity contribution in [2.45, 2.75) is 0 Å². The molecular weight excluding hydrogens is 621 g/mol. The summed E-state index contributed by atoms with van der Waals surface area (Å²) in [5.41, 5.74) is 13.0. The first-order chi connectivity index (χ1) is 25.3. The number of para-hydroxylation sites is 5. The summed E-state index contributed by atoms with van der Waals surface area (Å²) < 4.78 is 9.28. The van der Waals surface area contributed by atoms with Crippen LogP contribution in [-0.4, -0.2) is 4.57 Å². The predicted molar refractivity (Wildman–Crippen MR) is 214 cm³/mol. The molecular formula is C48H32N2O. The molecule has 0 aliphatic rings. The van der Waals surface area contributed by atoms with Crippen LogP contribution in [0.15, 0.2) is 199 Å². The van der Waals surface area contributed by atoms with Gasteiger partial charge in [-0.2, -0.15) is 0 Å². The number of furan rings is 1. The quantitative estimate of drug-likeness (QED) is 0.178. The SMILES string of the molecule is c1ccc(-c2ccc(N(c3ccccc3)c3ccc(-c4ccccc4-n4c5ccccc5c5ccccc54)c4oc5ccccc5c34)cc2)cc1. The van der Waals surface area contributed by atoms with E-state index in [1.807, 2.05) is 6.07 Å². The van der Waals surface area contributed by atoms with Gasteiger partial charge in [-0.1, -0.05) is 133 Å². The van der Waals surface area contributed by atoms with Gasteiger partial charge in [-0.15, -0.1) is 0 Å². The normalized spacial score (nSPS) is 11.5. The van der Waals surface area contributed by atoms with E-state index in [1.54, 1.807) is 0 Å². The second-order valence-corrected chi connectivity index (χ2v) is 12.9. The molecule has 0 radical (unpaired) electrons. The molecule has 0 unspecified atom stereocenters. The van der Waals surface area contributed by atoms with Crippen molar-refractivity contribution in [3.05, 3.63) is 194 Å². The van der Waals surface area contributed by atoms with E-state index in [0.717, 1.165) is 55.8 Å². The first kappa shape index (κ1) is 29.1. The van der Waals surface area contributed by atoms with Crippen LogP contribution in [0.4, 0.5) is 17.1 Å². The fourth-order valence-corrected chi connectivity index (χ4v) is 7.73. The third-order valence-electron chi connectivity index (χ3n) is 10.0.